The van der Waals surface area contributed by atoms with E-state index in [1.54, 1.807) is 0 Å². The maximum absolute atomic E-state index is 3.71. The topological polar surface area (TPSA) is 12.0 Å². The van der Waals surface area contributed by atoms with Gasteiger partial charge in [0.1, 0.15) is 0 Å². The summed E-state index contributed by atoms with van der Waals surface area (Å²) in [6.07, 6.45) is 2.43. The van der Waals surface area contributed by atoms with Gasteiger partial charge < -0.3 is 5.32 Å². The lowest BCUT2D eigenvalue weighted by atomic mass is 9.75. The van der Waals surface area contributed by atoms with Crippen LogP contribution >= 0.6 is 0 Å². The lowest BCUT2D eigenvalue weighted by molar-refractivity contribution is 0.408. The molecular formula is C17H17N. The van der Waals surface area contributed by atoms with Crippen LogP contribution in [0.15, 0.2) is 54.6 Å². The fourth-order valence-electron chi connectivity index (χ4n) is 3.88. The Kier molecular flexibility index (Phi) is 2.12. The van der Waals surface area contributed by atoms with Gasteiger partial charge in [-0.2, -0.15) is 0 Å². The molecule has 0 unspecified atom stereocenters. The Labute approximate surface area is 108 Å². The summed E-state index contributed by atoms with van der Waals surface area (Å²) in [5, 5.41) is 3.71. The Morgan fingerprint density at radius 2 is 1.72 bits per heavy atom. The van der Waals surface area contributed by atoms with E-state index in [2.05, 4.69) is 59.9 Å². The van der Waals surface area contributed by atoms with Crippen molar-refractivity contribution in [1.82, 2.24) is 5.32 Å². The second kappa shape index (κ2) is 3.69. The third kappa shape index (κ3) is 1.25. The number of hydrogen-bond donors (Lipinski definition) is 1. The van der Waals surface area contributed by atoms with Gasteiger partial charge in [-0.15, -0.1) is 0 Å². The number of hydrogen-bond acceptors (Lipinski definition) is 1. The fourth-order valence-corrected chi connectivity index (χ4v) is 3.88. The van der Waals surface area contributed by atoms with Crippen molar-refractivity contribution in [3.8, 4) is 0 Å². The van der Waals surface area contributed by atoms with Crippen molar-refractivity contribution in [2.24, 2.45) is 0 Å². The van der Waals surface area contributed by atoms with E-state index in [1.165, 1.54) is 29.5 Å². The standard InChI is InChI=1S/C17H17N/c1-2-7-14(8-3-1)17-10-11-18-16(17)15-9-5-4-6-13(15)12-17/h1-9,16,18H,10-12H2/t16-,17+/m0/s1. The predicted octanol–water partition coefficient (Wildman–Crippen LogP) is 3.22. The van der Waals surface area contributed by atoms with E-state index in [9.17, 15) is 0 Å². The molecule has 2 aliphatic rings. The van der Waals surface area contributed by atoms with E-state index >= 15 is 0 Å². The van der Waals surface area contributed by atoms with Crippen LogP contribution in [0, 0.1) is 0 Å². The largest absolute Gasteiger partial charge is 0.309 e. The summed E-state index contributed by atoms with van der Waals surface area (Å²) in [5.74, 6) is 0. The molecule has 1 aliphatic carbocycles. The lowest BCUT2D eigenvalue weighted by Crippen LogP contribution is -2.29. The van der Waals surface area contributed by atoms with Crippen molar-refractivity contribution in [2.45, 2.75) is 24.3 Å². The van der Waals surface area contributed by atoms with Crippen LogP contribution in [0.3, 0.4) is 0 Å². The minimum atomic E-state index is 0.297. The Morgan fingerprint density at radius 3 is 2.61 bits per heavy atom. The highest BCUT2D eigenvalue weighted by Crippen LogP contribution is 2.52. The quantitative estimate of drug-likeness (QED) is 0.800. The van der Waals surface area contributed by atoms with E-state index < -0.39 is 0 Å². The Morgan fingerprint density at radius 1 is 0.944 bits per heavy atom. The van der Waals surface area contributed by atoms with Crippen molar-refractivity contribution >= 4 is 0 Å². The zero-order chi connectivity index (χ0) is 12.0. The zero-order valence-electron chi connectivity index (χ0n) is 10.4. The predicted molar refractivity (Wildman–Crippen MR) is 73.6 cm³/mol. The first-order chi connectivity index (χ1) is 8.90. The van der Waals surface area contributed by atoms with Crippen molar-refractivity contribution < 1.29 is 0 Å². The smallest absolute Gasteiger partial charge is 0.0424 e. The first kappa shape index (κ1) is 10.3. The van der Waals surface area contributed by atoms with Crippen LogP contribution in [0.25, 0.3) is 0 Å². The van der Waals surface area contributed by atoms with E-state index in [4.69, 9.17) is 0 Å². The van der Waals surface area contributed by atoms with Gasteiger partial charge >= 0.3 is 0 Å². The molecule has 1 nitrogen and oxygen atoms in total. The van der Waals surface area contributed by atoms with Gasteiger partial charge in [0, 0.05) is 11.5 Å². The molecule has 1 saturated heterocycles. The number of rotatable bonds is 1. The van der Waals surface area contributed by atoms with Gasteiger partial charge in [-0.1, -0.05) is 54.6 Å². The van der Waals surface area contributed by atoms with Crippen molar-refractivity contribution in [2.75, 3.05) is 6.54 Å². The second-order valence-corrected chi connectivity index (χ2v) is 5.53. The molecule has 1 aliphatic heterocycles. The van der Waals surface area contributed by atoms with E-state index in [-0.39, 0.29) is 0 Å². The molecule has 0 bridgehead atoms. The molecule has 0 spiro atoms. The minimum Gasteiger partial charge on any atom is -0.309 e. The summed E-state index contributed by atoms with van der Waals surface area (Å²) in [6.45, 7) is 1.13. The van der Waals surface area contributed by atoms with Crippen LogP contribution in [0.4, 0.5) is 0 Å². The van der Waals surface area contributed by atoms with Crippen LogP contribution in [0.2, 0.25) is 0 Å². The molecule has 1 heterocycles. The summed E-state index contributed by atoms with van der Waals surface area (Å²) >= 11 is 0. The molecule has 0 aromatic heterocycles. The average molecular weight is 235 g/mol. The van der Waals surface area contributed by atoms with Gasteiger partial charge in [-0.05, 0) is 36.1 Å². The maximum Gasteiger partial charge on any atom is 0.0424 e. The summed E-state index contributed by atoms with van der Waals surface area (Å²) in [5.41, 5.74) is 4.83. The highest BCUT2D eigenvalue weighted by atomic mass is 15.0. The minimum absolute atomic E-state index is 0.297. The molecule has 2 aromatic rings. The SMILES string of the molecule is c1ccc([C@]23CCN[C@H]2c2ccccc2C3)cc1. The Balaban J connectivity index is 1.88. The summed E-state index contributed by atoms with van der Waals surface area (Å²) in [7, 11) is 0. The zero-order valence-corrected chi connectivity index (χ0v) is 10.4. The third-order valence-corrected chi connectivity index (χ3v) is 4.69. The average Bonchev–Trinajstić information content (AvgIpc) is 2.96. The van der Waals surface area contributed by atoms with Crippen LogP contribution in [-0.4, -0.2) is 6.54 Å². The normalized spacial score (nSPS) is 29.0. The lowest BCUT2D eigenvalue weighted by Gasteiger charge is -2.29. The third-order valence-electron chi connectivity index (χ3n) is 4.69. The van der Waals surface area contributed by atoms with E-state index in [1.807, 2.05) is 0 Å². The van der Waals surface area contributed by atoms with Crippen molar-refractivity contribution in [3.63, 3.8) is 0 Å². The second-order valence-electron chi connectivity index (χ2n) is 5.53. The van der Waals surface area contributed by atoms with Crippen molar-refractivity contribution in [3.05, 3.63) is 71.3 Å². The number of nitrogens with one attached hydrogen (secondary N) is 1. The maximum atomic E-state index is 3.71. The van der Waals surface area contributed by atoms with Gasteiger partial charge in [-0.25, -0.2) is 0 Å². The van der Waals surface area contributed by atoms with Crippen LogP contribution in [-0.2, 0) is 11.8 Å². The van der Waals surface area contributed by atoms with E-state index in [0.29, 0.717) is 11.5 Å². The summed E-state index contributed by atoms with van der Waals surface area (Å²) in [6, 6.07) is 20.5. The molecule has 90 valence electrons. The molecule has 2 atom stereocenters. The Bertz CT molecular complexity index is 575. The molecule has 1 heteroatoms. The molecule has 4 rings (SSSR count). The molecule has 0 radical (unpaired) electrons. The summed E-state index contributed by atoms with van der Waals surface area (Å²) < 4.78 is 0. The molecule has 2 aromatic carbocycles. The number of fused-ring (bicyclic) bond motifs is 3. The van der Waals surface area contributed by atoms with Gasteiger partial charge in [0.2, 0.25) is 0 Å². The molecule has 0 amide bonds. The van der Waals surface area contributed by atoms with Crippen LogP contribution in [0.1, 0.15) is 29.2 Å². The van der Waals surface area contributed by atoms with Gasteiger partial charge in [0.25, 0.3) is 0 Å². The fraction of sp³-hybridized carbons (Fsp3) is 0.294. The first-order valence-corrected chi connectivity index (χ1v) is 6.77. The highest BCUT2D eigenvalue weighted by Gasteiger charge is 2.49. The van der Waals surface area contributed by atoms with Crippen LogP contribution in [0.5, 0.6) is 0 Å². The molecule has 18 heavy (non-hydrogen) atoms. The first-order valence-electron chi connectivity index (χ1n) is 6.77. The molecule has 0 saturated carbocycles. The highest BCUT2D eigenvalue weighted by molar-refractivity contribution is 5.47. The molecular weight excluding hydrogens is 218 g/mol. The van der Waals surface area contributed by atoms with Gasteiger partial charge in [-0.3, -0.25) is 0 Å². The Hall–Kier alpha value is -1.60. The number of benzene rings is 2. The summed E-state index contributed by atoms with van der Waals surface area (Å²) in [4.78, 5) is 0. The van der Waals surface area contributed by atoms with E-state index in [0.717, 1.165) is 6.54 Å². The monoisotopic (exact) mass is 235 g/mol. The van der Waals surface area contributed by atoms with Crippen LogP contribution < -0.4 is 5.32 Å². The van der Waals surface area contributed by atoms with Gasteiger partial charge in [0.05, 0.1) is 0 Å². The van der Waals surface area contributed by atoms with Crippen molar-refractivity contribution in [1.29, 1.82) is 0 Å². The molecule has 1 fully saturated rings. The molecule has 1 N–H and O–H groups in total. The van der Waals surface area contributed by atoms with Gasteiger partial charge in [0.15, 0.2) is 0 Å².